The second-order valence-corrected chi connectivity index (χ2v) is 11.3. The number of para-hydroxylation sites is 1. The van der Waals surface area contributed by atoms with Crippen molar-refractivity contribution in [2.45, 2.75) is 12.8 Å². The van der Waals surface area contributed by atoms with Gasteiger partial charge in [0.15, 0.2) is 0 Å². The Morgan fingerprint density at radius 3 is 2.43 bits per heavy atom. The topological polar surface area (TPSA) is 30.2 Å². The molecule has 0 atom stereocenters. The molecule has 0 bridgehead atoms. The summed E-state index contributed by atoms with van der Waals surface area (Å²) in [6, 6.07) is 24.7. The molecule has 0 fully saturated rings. The predicted molar refractivity (Wildman–Crippen MR) is 151 cm³/mol. The molecule has 2 nitrogen and oxygen atoms in total. The third kappa shape index (κ3) is 2.78. The number of fused-ring (bicyclic) bond motifs is 9. The molecule has 4 aromatic carbocycles. The number of thiophene rings is 2. The van der Waals surface area contributed by atoms with E-state index in [1.165, 1.54) is 40.7 Å². The summed E-state index contributed by atoms with van der Waals surface area (Å²) in [6.07, 6.45) is 6.89. The van der Waals surface area contributed by atoms with Crippen LogP contribution in [0.5, 0.6) is 0 Å². The van der Waals surface area contributed by atoms with E-state index in [1.54, 1.807) is 0 Å². The van der Waals surface area contributed by atoms with Crippen LogP contribution in [0.25, 0.3) is 69.4 Å². The second-order valence-electron chi connectivity index (χ2n) is 9.15. The van der Waals surface area contributed by atoms with Crippen LogP contribution in [0.3, 0.4) is 0 Å². The van der Waals surface area contributed by atoms with Gasteiger partial charge in [-0.05, 0) is 65.9 Å². The standard InChI is InChI=1S/C31H18O2S2/c32-29-22-6-1-3-7-25(22)33-26-16-18(9-11-23(26)29)17-10-14-28-24(15-17)21-13-12-20-19-5-2-4-8-27(19)34-30(20)31(21)35-28/h1-3,5-7,9-16H,4,8H2. The summed E-state index contributed by atoms with van der Waals surface area (Å²) in [5, 5.41) is 5.23. The highest BCUT2D eigenvalue weighted by atomic mass is 32.1. The Kier molecular flexibility index (Phi) is 3.99. The number of aryl methyl sites for hydroxylation is 1. The van der Waals surface area contributed by atoms with Crippen LogP contribution < -0.4 is 5.43 Å². The van der Waals surface area contributed by atoms with E-state index in [4.69, 9.17) is 4.42 Å². The van der Waals surface area contributed by atoms with E-state index < -0.39 is 0 Å². The van der Waals surface area contributed by atoms with Crippen molar-refractivity contribution in [3.63, 3.8) is 0 Å². The zero-order chi connectivity index (χ0) is 23.1. The summed E-state index contributed by atoms with van der Waals surface area (Å²) in [7, 11) is 0. The minimum atomic E-state index is 0.0187. The summed E-state index contributed by atoms with van der Waals surface area (Å²) in [4.78, 5) is 14.5. The van der Waals surface area contributed by atoms with Gasteiger partial charge in [-0.2, -0.15) is 0 Å². The molecule has 0 amide bonds. The van der Waals surface area contributed by atoms with E-state index in [2.05, 4.69) is 42.5 Å². The number of hydrogen-bond donors (Lipinski definition) is 0. The van der Waals surface area contributed by atoms with Crippen LogP contribution in [0.2, 0.25) is 0 Å². The number of allylic oxidation sites excluding steroid dienone is 1. The van der Waals surface area contributed by atoms with E-state index in [0.29, 0.717) is 21.9 Å². The van der Waals surface area contributed by atoms with Gasteiger partial charge in [0, 0.05) is 25.7 Å². The fraction of sp³-hybridized carbons (Fsp3) is 0.0645. The fourth-order valence-corrected chi connectivity index (χ4v) is 8.02. The Hall–Kier alpha value is -3.73. The van der Waals surface area contributed by atoms with Crippen molar-refractivity contribution in [3.05, 3.63) is 99.5 Å². The monoisotopic (exact) mass is 486 g/mol. The normalized spacial score (nSPS) is 13.5. The Morgan fingerprint density at radius 1 is 0.686 bits per heavy atom. The molecule has 0 N–H and O–H groups in total. The van der Waals surface area contributed by atoms with E-state index >= 15 is 0 Å². The van der Waals surface area contributed by atoms with Gasteiger partial charge >= 0.3 is 0 Å². The van der Waals surface area contributed by atoms with Crippen molar-refractivity contribution in [2.75, 3.05) is 0 Å². The van der Waals surface area contributed by atoms with Gasteiger partial charge in [0.25, 0.3) is 0 Å². The molecule has 0 unspecified atom stereocenters. The SMILES string of the molecule is O=c1c2ccccc2oc2cc(-c3ccc4sc5c(ccc6c7c(sc65)CCC=C7)c4c3)ccc12. The van der Waals surface area contributed by atoms with Crippen LogP contribution in [0.15, 0.2) is 88.1 Å². The quantitative estimate of drug-likeness (QED) is 0.217. The highest BCUT2D eigenvalue weighted by Gasteiger charge is 2.17. The molecule has 1 aliphatic carbocycles. The molecule has 35 heavy (non-hydrogen) atoms. The maximum absolute atomic E-state index is 12.9. The molecule has 4 heteroatoms. The summed E-state index contributed by atoms with van der Waals surface area (Å²) in [6.45, 7) is 0. The molecule has 7 aromatic rings. The number of rotatable bonds is 1. The lowest BCUT2D eigenvalue weighted by Gasteiger charge is -2.06. The minimum absolute atomic E-state index is 0.0187. The molecule has 8 rings (SSSR count). The van der Waals surface area contributed by atoms with Gasteiger partial charge in [-0.25, -0.2) is 0 Å². The predicted octanol–water partition coefficient (Wildman–Crippen LogP) is 9.16. The smallest absolute Gasteiger partial charge is 0.200 e. The Balaban J connectivity index is 1.33. The fourth-order valence-electron chi connectivity index (χ4n) is 5.40. The van der Waals surface area contributed by atoms with Gasteiger partial charge in [0.1, 0.15) is 11.2 Å². The first-order valence-electron chi connectivity index (χ1n) is 11.8. The highest BCUT2D eigenvalue weighted by Crippen LogP contribution is 2.45. The number of benzene rings is 4. The third-order valence-corrected chi connectivity index (χ3v) is 9.78. The van der Waals surface area contributed by atoms with Crippen molar-refractivity contribution in [3.8, 4) is 11.1 Å². The third-order valence-electron chi connectivity index (χ3n) is 7.14. The van der Waals surface area contributed by atoms with Crippen molar-refractivity contribution in [2.24, 2.45) is 0 Å². The van der Waals surface area contributed by atoms with Gasteiger partial charge in [0.2, 0.25) is 5.43 Å². The van der Waals surface area contributed by atoms with Gasteiger partial charge in [-0.15, -0.1) is 22.7 Å². The second kappa shape index (κ2) is 7.14. The van der Waals surface area contributed by atoms with E-state index in [9.17, 15) is 4.79 Å². The minimum Gasteiger partial charge on any atom is -0.456 e. The highest BCUT2D eigenvalue weighted by molar-refractivity contribution is 7.31. The van der Waals surface area contributed by atoms with Crippen LogP contribution >= 0.6 is 22.7 Å². The first kappa shape index (κ1) is 19.6. The van der Waals surface area contributed by atoms with Crippen molar-refractivity contribution < 1.29 is 4.42 Å². The molecule has 1 aliphatic rings. The van der Waals surface area contributed by atoms with Crippen LogP contribution in [0.1, 0.15) is 16.9 Å². The largest absolute Gasteiger partial charge is 0.456 e. The zero-order valence-corrected chi connectivity index (χ0v) is 20.3. The lowest BCUT2D eigenvalue weighted by atomic mass is 10.00. The molecule has 3 aromatic heterocycles. The van der Waals surface area contributed by atoms with E-state index in [-0.39, 0.29) is 5.43 Å². The van der Waals surface area contributed by atoms with Gasteiger partial charge < -0.3 is 4.42 Å². The summed E-state index contributed by atoms with van der Waals surface area (Å²) >= 11 is 3.86. The molecule has 0 saturated heterocycles. The van der Waals surface area contributed by atoms with E-state index in [1.807, 2.05) is 65.1 Å². The zero-order valence-electron chi connectivity index (χ0n) is 18.6. The molecule has 0 saturated carbocycles. The molecule has 3 heterocycles. The van der Waals surface area contributed by atoms with Crippen molar-refractivity contribution in [1.29, 1.82) is 0 Å². The van der Waals surface area contributed by atoms with Gasteiger partial charge in [0.05, 0.1) is 20.2 Å². The molecule has 0 aliphatic heterocycles. The van der Waals surface area contributed by atoms with Gasteiger partial charge in [-0.1, -0.05) is 48.6 Å². The van der Waals surface area contributed by atoms with E-state index in [0.717, 1.165) is 24.0 Å². The van der Waals surface area contributed by atoms with Crippen LogP contribution in [-0.4, -0.2) is 0 Å². The lowest BCUT2D eigenvalue weighted by molar-refractivity contribution is 0.660. The molecular weight excluding hydrogens is 468 g/mol. The maximum Gasteiger partial charge on any atom is 0.200 e. The van der Waals surface area contributed by atoms with Crippen LogP contribution in [0.4, 0.5) is 0 Å². The average molecular weight is 487 g/mol. The van der Waals surface area contributed by atoms with Crippen molar-refractivity contribution >= 4 is 80.9 Å². The average Bonchev–Trinajstić information content (AvgIpc) is 3.46. The Morgan fingerprint density at radius 2 is 1.46 bits per heavy atom. The summed E-state index contributed by atoms with van der Waals surface area (Å²) in [5.41, 5.74) is 4.87. The lowest BCUT2D eigenvalue weighted by Crippen LogP contribution is -2.01. The molecule has 0 spiro atoms. The first-order valence-corrected chi connectivity index (χ1v) is 13.4. The van der Waals surface area contributed by atoms with Gasteiger partial charge in [-0.3, -0.25) is 4.79 Å². The summed E-state index contributed by atoms with van der Waals surface area (Å²) < 4.78 is 10.2. The van der Waals surface area contributed by atoms with Crippen LogP contribution in [0, 0.1) is 0 Å². The molecular formula is C31H18O2S2. The Labute approximate surface area is 208 Å². The first-order chi connectivity index (χ1) is 17.2. The van der Waals surface area contributed by atoms with Crippen molar-refractivity contribution in [1.82, 2.24) is 0 Å². The molecule has 0 radical (unpaired) electrons. The maximum atomic E-state index is 12.9. The summed E-state index contributed by atoms with van der Waals surface area (Å²) in [5.74, 6) is 0. The van der Waals surface area contributed by atoms with Crippen LogP contribution in [-0.2, 0) is 6.42 Å². The molecule has 166 valence electrons. The Bertz CT molecular complexity index is 2090. The number of hydrogen-bond acceptors (Lipinski definition) is 4.